The van der Waals surface area contributed by atoms with Crippen molar-refractivity contribution in [2.75, 3.05) is 0 Å². The minimum absolute atomic E-state index is 0.117. The number of hydrogen-bond acceptors (Lipinski definition) is 3. The molecule has 0 radical (unpaired) electrons. The molecule has 2 aromatic carbocycles. The Morgan fingerprint density at radius 3 is 2.52 bits per heavy atom. The van der Waals surface area contributed by atoms with Gasteiger partial charge in [0.25, 0.3) is 0 Å². The maximum absolute atomic E-state index is 5.91. The molecule has 0 saturated carbocycles. The topological polar surface area (TPSA) is 47.3 Å². The van der Waals surface area contributed by atoms with Crippen LogP contribution >= 0.6 is 38.5 Å². The Bertz CT molecular complexity index is 619. The second-order valence-electron chi connectivity index (χ2n) is 4.97. The Morgan fingerprint density at radius 1 is 1.14 bits per heavy atom. The molecule has 1 atom stereocenters. The Hall–Kier alpha value is -0.630. The Kier molecular flexibility index (Phi) is 6.04. The number of ether oxygens (including phenoxy) is 1. The molecule has 0 heterocycles. The summed E-state index contributed by atoms with van der Waals surface area (Å²) >= 11 is 5.84. The van der Waals surface area contributed by atoms with Crippen molar-refractivity contribution >= 4 is 38.5 Å². The number of halogens is 2. The van der Waals surface area contributed by atoms with E-state index in [-0.39, 0.29) is 12.1 Å². The number of nitrogens with two attached hydrogens (primary N) is 1. The first-order chi connectivity index (χ1) is 10.0. The molecular formula is C16H18BrIN2O. The van der Waals surface area contributed by atoms with E-state index in [1.54, 1.807) is 0 Å². The SMILES string of the molecule is CC(C)Oc1ccccc1C(NN)c1cc(Br)ccc1I. The van der Waals surface area contributed by atoms with Gasteiger partial charge in [-0.05, 0) is 66.3 Å². The van der Waals surface area contributed by atoms with Gasteiger partial charge in [0, 0.05) is 13.6 Å². The number of para-hydroxylation sites is 1. The third kappa shape index (κ3) is 4.18. The molecule has 0 spiro atoms. The van der Waals surface area contributed by atoms with Gasteiger partial charge < -0.3 is 4.74 Å². The lowest BCUT2D eigenvalue weighted by Gasteiger charge is -2.22. The summed E-state index contributed by atoms with van der Waals surface area (Å²) < 4.78 is 8.09. The molecule has 5 heteroatoms. The summed E-state index contributed by atoms with van der Waals surface area (Å²) in [6, 6.07) is 14.0. The van der Waals surface area contributed by atoms with Crippen LogP contribution in [0.1, 0.15) is 31.0 Å². The van der Waals surface area contributed by atoms with E-state index in [0.717, 1.165) is 24.9 Å². The molecule has 0 aliphatic carbocycles. The molecule has 1 unspecified atom stereocenters. The highest BCUT2D eigenvalue weighted by atomic mass is 127. The van der Waals surface area contributed by atoms with E-state index in [1.165, 1.54) is 0 Å². The van der Waals surface area contributed by atoms with E-state index in [1.807, 2.05) is 44.2 Å². The van der Waals surface area contributed by atoms with Crippen molar-refractivity contribution in [3.8, 4) is 5.75 Å². The van der Waals surface area contributed by atoms with E-state index in [9.17, 15) is 0 Å². The first kappa shape index (κ1) is 16.7. The molecule has 2 aromatic rings. The molecule has 3 nitrogen and oxygen atoms in total. The molecule has 0 fully saturated rings. The highest BCUT2D eigenvalue weighted by Gasteiger charge is 2.20. The summed E-state index contributed by atoms with van der Waals surface area (Å²) in [5.41, 5.74) is 5.06. The predicted octanol–water partition coefficient (Wildman–Crippen LogP) is 4.39. The molecule has 0 aromatic heterocycles. The summed E-state index contributed by atoms with van der Waals surface area (Å²) in [5.74, 6) is 6.68. The van der Waals surface area contributed by atoms with Crippen LogP contribution in [-0.4, -0.2) is 6.10 Å². The van der Waals surface area contributed by atoms with E-state index >= 15 is 0 Å². The van der Waals surface area contributed by atoms with Gasteiger partial charge in [-0.25, -0.2) is 5.43 Å². The lowest BCUT2D eigenvalue weighted by molar-refractivity contribution is 0.238. The Labute approximate surface area is 147 Å². The summed E-state index contributed by atoms with van der Waals surface area (Å²) in [6.45, 7) is 4.04. The van der Waals surface area contributed by atoms with Crippen LogP contribution in [-0.2, 0) is 0 Å². The van der Waals surface area contributed by atoms with Crippen molar-refractivity contribution in [3.05, 3.63) is 61.6 Å². The summed E-state index contributed by atoms with van der Waals surface area (Å²) in [7, 11) is 0. The van der Waals surface area contributed by atoms with Gasteiger partial charge in [-0.3, -0.25) is 5.84 Å². The van der Waals surface area contributed by atoms with Crippen LogP contribution in [0.3, 0.4) is 0 Å². The lowest BCUT2D eigenvalue weighted by Crippen LogP contribution is -2.30. The van der Waals surface area contributed by atoms with Crippen molar-refractivity contribution in [1.29, 1.82) is 0 Å². The number of benzene rings is 2. The molecule has 0 bridgehead atoms. The zero-order valence-electron chi connectivity index (χ0n) is 11.9. The van der Waals surface area contributed by atoms with Crippen molar-refractivity contribution < 1.29 is 4.74 Å². The van der Waals surface area contributed by atoms with Crippen LogP contribution < -0.4 is 16.0 Å². The molecule has 3 N–H and O–H groups in total. The number of hydrogen-bond donors (Lipinski definition) is 2. The third-order valence-corrected chi connectivity index (χ3v) is 4.50. The van der Waals surface area contributed by atoms with Gasteiger partial charge in [-0.2, -0.15) is 0 Å². The first-order valence-corrected chi connectivity index (χ1v) is 8.56. The largest absolute Gasteiger partial charge is 0.491 e. The van der Waals surface area contributed by atoms with Crippen LogP contribution in [0.5, 0.6) is 5.75 Å². The minimum Gasteiger partial charge on any atom is -0.491 e. The van der Waals surface area contributed by atoms with E-state index < -0.39 is 0 Å². The van der Waals surface area contributed by atoms with Crippen LogP contribution in [0.15, 0.2) is 46.9 Å². The number of hydrazine groups is 1. The van der Waals surface area contributed by atoms with Gasteiger partial charge in [0.2, 0.25) is 0 Å². The van der Waals surface area contributed by atoms with E-state index in [0.29, 0.717) is 0 Å². The van der Waals surface area contributed by atoms with Gasteiger partial charge in [0.05, 0.1) is 12.1 Å². The molecule has 0 aliphatic heterocycles. The highest BCUT2D eigenvalue weighted by molar-refractivity contribution is 14.1. The minimum atomic E-state index is -0.121. The summed E-state index contributed by atoms with van der Waals surface area (Å²) in [6.07, 6.45) is 0.117. The van der Waals surface area contributed by atoms with Crippen molar-refractivity contribution in [2.45, 2.75) is 26.0 Å². The zero-order valence-corrected chi connectivity index (χ0v) is 15.7. The van der Waals surface area contributed by atoms with Gasteiger partial charge in [0.15, 0.2) is 0 Å². The molecule has 0 aliphatic rings. The lowest BCUT2D eigenvalue weighted by atomic mass is 9.98. The molecule has 2 rings (SSSR count). The number of nitrogens with one attached hydrogen (secondary N) is 1. The van der Waals surface area contributed by atoms with Gasteiger partial charge in [-0.15, -0.1) is 0 Å². The van der Waals surface area contributed by atoms with Gasteiger partial charge >= 0.3 is 0 Å². The van der Waals surface area contributed by atoms with Crippen molar-refractivity contribution in [3.63, 3.8) is 0 Å². The third-order valence-electron chi connectivity index (χ3n) is 3.03. The van der Waals surface area contributed by atoms with Gasteiger partial charge in [0.1, 0.15) is 5.75 Å². The fourth-order valence-corrected chi connectivity index (χ4v) is 3.19. The van der Waals surface area contributed by atoms with Gasteiger partial charge in [-0.1, -0.05) is 34.1 Å². The average molecular weight is 461 g/mol. The quantitative estimate of drug-likeness (QED) is 0.395. The Morgan fingerprint density at radius 2 is 1.86 bits per heavy atom. The van der Waals surface area contributed by atoms with E-state index in [2.05, 4.69) is 56.1 Å². The maximum atomic E-state index is 5.91. The standard InChI is InChI=1S/C16H18BrIN2O/c1-10(2)21-15-6-4-3-5-12(15)16(20-19)13-9-11(17)7-8-14(13)18/h3-10,16,20H,19H2,1-2H3. The normalized spacial score (nSPS) is 12.5. The number of rotatable bonds is 5. The molecule has 0 saturated heterocycles. The van der Waals surface area contributed by atoms with Crippen molar-refractivity contribution in [1.82, 2.24) is 5.43 Å². The summed E-state index contributed by atoms with van der Waals surface area (Å²) in [5, 5.41) is 0. The predicted molar refractivity (Wildman–Crippen MR) is 98.2 cm³/mol. The van der Waals surface area contributed by atoms with E-state index in [4.69, 9.17) is 10.6 Å². The molecule has 112 valence electrons. The van der Waals surface area contributed by atoms with Crippen LogP contribution in [0.25, 0.3) is 0 Å². The van der Waals surface area contributed by atoms with Crippen LogP contribution in [0.2, 0.25) is 0 Å². The fraction of sp³-hybridized carbons (Fsp3) is 0.250. The average Bonchev–Trinajstić information content (AvgIpc) is 2.44. The zero-order chi connectivity index (χ0) is 15.4. The fourth-order valence-electron chi connectivity index (χ4n) is 2.16. The molecule has 21 heavy (non-hydrogen) atoms. The molecular weight excluding hydrogens is 443 g/mol. The monoisotopic (exact) mass is 460 g/mol. The smallest absolute Gasteiger partial charge is 0.124 e. The second kappa shape index (κ2) is 7.58. The van der Waals surface area contributed by atoms with Crippen LogP contribution in [0.4, 0.5) is 0 Å². The summed E-state index contributed by atoms with van der Waals surface area (Å²) in [4.78, 5) is 0. The first-order valence-electron chi connectivity index (χ1n) is 6.69. The highest BCUT2D eigenvalue weighted by Crippen LogP contribution is 2.33. The van der Waals surface area contributed by atoms with Crippen molar-refractivity contribution in [2.24, 2.45) is 5.84 Å². The second-order valence-corrected chi connectivity index (χ2v) is 7.05. The molecule has 0 amide bonds. The van der Waals surface area contributed by atoms with Crippen LogP contribution in [0, 0.1) is 3.57 Å². The Balaban J connectivity index is 2.49. The maximum Gasteiger partial charge on any atom is 0.124 e.